The second-order valence-corrected chi connectivity index (χ2v) is 10.1. The molecule has 0 saturated carbocycles. The number of ether oxygens (including phenoxy) is 1. The Morgan fingerprint density at radius 3 is 2.24 bits per heavy atom. The van der Waals surface area contributed by atoms with E-state index in [2.05, 4.69) is 10.3 Å². The minimum Gasteiger partial charge on any atom is -0.462 e. The van der Waals surface area contributed by atoms with Gasteiger partial charge in [0.2, 0.25) is 11.8 Å². The fourth-order valence-electron chi connectivity index (χ4n) is 3.52. The van der Waals surface area contributed by atoms with Crippen LogP contribution in [0.3, 0.4) is 0 Å². The van der Waals surface area contributed by atoms with Crippen molar-refractivity contribution in [1.29, 1.82) is 0 Å². The Bertz CT molecular complexity index is 1310. The number of rotatable bonds is 7. The van der Waals surface area contributed by atoms with Gasteiger partial charge in [-0.05, 0) is 73.2 Å². The predicted octanol–water partition coefficient (Wildman–Crippen LogP) is 6.33. The summed E-state index contributed by atoms with van der Waals surface area (Å²) in [5.74, 6) is -0.962. The number of hydrogen-bond acceptors (Lipinski definition) is 6. The number of nitrogens with one attached hydrogen (secondary N) is 1. The summed E-state index contributed by atoms with van der Waals surface area (Å²) in [5, 5.41) is 3.69. The van der Waals surface area contributed by atoms with E-state index < -0.39 is 11.2 Å². The second-order valence-electron chi connectivity index (χ2n) is 8.07. The quantitative estimate of drug-likeness (QED) is 0.344. The molecule has 0 radical (unpaired) electrons. The molecule has 7 nitrogen and oxygen atoms in total. The van der Waals surface area contributed by atoms with Crippen molar-refractivity contribution in [2.75, 3.05) is 11.9 Å². The molecule has 1 unspecified atom stereocenters. The zero-order chi connectivity index (χ0) is 26.4. The Hall–Kier alpha value is -3.33. The molecular weight excluding hydrogens is 533 g/mol. The van der Waals surface area contributed by atoms with Gasteiger partial charge in [-0.25, -0.2) is 9.79 Å². The maximum atomic E-state index is 13.2. The lowest BCUT2D eigenvalue weighted by Crippen LogP contribution is -2.44. The van der Waals surface area contributed by atoms with Gasteiger partial charge in [0.15, 0.2) is 5.17 Å². The van der Waals surface area contributed by atoms with Crippen molar-refractivity contribution < 1.29 is 19.1 Å². The van der Waals surface area contributed by atoms with Crippen LogP contribution < -0.4 is 5.32 Å². The SMILES string of the molecule is CCOC(=O)c1ccc(N=C2SC(C(=O)Nc3ccc(Cl)cc3)CC(=O)N2Cc2ccc(Cl)cc2)cc1. The summed E-state index contributed by atoms with van der Waals surface area (Å²) in [7, 11) is 0. The van der Waals surface area contributed by atoms with Gasteiger partial charge in [0, 0.05) is 22.2 Å². The number of aliphatic imine (C=N–C) groups is 1. The van der Waals surface area contributed by atoms with Crippen LogP contribution in [0.5, 0.6) is 0 Å². The van der Waals surface area contributed by atoms with Crippen molar-refractivity contribution in [3.05, 3.63) is 94.0 Å². The zero-order valence-corrected chi connectivity index (χ0v) is 22.1. The molecule has 1 aliphatic heterocycles. The summed E-state index contributed by atoms with van der Waals surface area (Å²) in [6, 6.07) is 20.5. The van der Waals surface area contributed by atoms with E-state index in [1.165, 1.54) is 11.8 Å². The summed E-state index contributed by atoms with van der Waals surface area (Å²) in [6.45, 7) is 2.29. The Balaban J connectivity index is 1.59. The number of amides is 2. The van der Waals surface area contributed by atoms with Crippen molar-refractivity contribution in [2.45, 2.75) is 25.1 Å². The van der Waals surface area contributed by atoms with Gasteiger partial charge in [0.1, 0.15) is 5.25 Å². The normalized spacial score (nSPS) is 16.5. The third-order valence-corrected chi connectivity index (χ3v) is 7.09. The highest BCUT2D eigenvalue weighted by Gasteiger charge is 2.36. The molecule has 0 aliphatic carbocycles. The first-order valence-corrected chi connectivity index (χ1v) is 13.1. The summed E-state index contributed by atoms with van der Waals surface area (Å²) < 4.78 is 5.03. The van der Waals surface area contributed by atoms with E-state index in [0.717, 1.165) is 5.56 Å². The highest BCUT2D eigenvalue weighted by molar-refractivity contribution is 8.15. The molecule has 0 aromatic heterocycles. The number of esters is 1. The Morgan fingerprint density at radius 2 is 1.62 bits per heavy atom. The largest absolute Gasteiger partial charge is 0.462 e. The third kappa shape index (κ3) is 7.13. The van der Waals surface area contributed by atoms with Gasteiger partial charge in [-0.1, -0.05) is 47.1 Å². The summed E-state index contributed by atoms with van der Waals surface area (Å²) in [6.07, 6.45) is 0.0124. The first-order chi connectivity index (χ1) is 17.8. The van der Waals surface area contributed by atoms with Crippen molar-refractivity contribution in [1.82, 2.24) is 4.90 Å². The summed E-state index contributed by atoms with van der Waals surface area (Å²) in [4.78, 5) is 44.5. The molecule has 3 aromatic carbocycles. The maximum absolute atomic E-state index is 13.2. The van der Waals surface area contributed by atoms with Crippen LogP contribution >= 0.6 is 35.0 Å². The number of nitrogens with zero attached hydrogens (tertiary/aromatic N) is 2. The molecule has 1 N–H and O–H groups in total. The maximum Gasteiger partial charge on any atom is 0.338 e. The molecule has 190 valence electrons. The highest BCUT2D eigenvalue weighted by Crippen LogP contribution is 2.31. The smallest absolute Gasteiger partial charge is 0.338 e. The molecule has 2 amide bonds. The number of amidine groups is 1. The van der Waals surface area contributed by atoms with Gasteiger partial charge >= 0.3 is 5.97 Å². The van der Waals surface area contributed by atoms with Crippen LogP contribution in [-0.4, -0.2) is 39.7 Å². The van der Waals surface area contributed by atoms with Crippen molar-refractivity contribution in [3.63, 3.8) is 0 Å². The van der Waals surface area contributed by atoms with Crippen molar-refractivity contribution in [2.24, 2.45) is 4.99 Å². The third-order valence-electron chi connectivity index (χ3n) is 5.40. The predicted molar refractivity (Wildman–Crippen MR) is 148 cm³/mol. The average molecular weight is 556 g/mol. The molecule has 4 rings (SSSR count). The fourth-order valence-corrected chi connectivity index (χ4v) is 4.87. The van der Waals surface area contributed by atoms with Gasteiger partial charge in [0.25, 0.3) is 0 Å². The molecule has 1 aliphatic rings. The van der Waals surface area contributed by atoms with E-state index in [4.69, 9.17) is 27.9 Å². The lowest BCUT2D eigenvalue weighted by Gasteiger charge is -2.32. The highest BCUT2D eigenvalue weighted by atomic mass is 35.5. The fraction of sp³-hybridized carbons (Fsp3) is 0.185. The minimum atomic E-state index is -0.679. The van der Waals surface area contributed by atoms with E-state index in [0.29, 0.717) is 32.2 Å². The van der Waals surface area contributed by atoms with Crippen LogP contribution in [0.15, 0.2) is 77.8 Å². The number of carbonyl (C=O) groups excluding carboxylic acids is 3. The molecule has 3 aromatic rings. The first-order valence-electron chi connectivity index (χ1n) is 11.5. The van der Waals surface area contributed by atoms with Crippen molar-refractivity contribution >= 4 is 69.3 Å². The van der Waals surface area contributed by atoms with Crippen LogP contribution in [0.1, 0.15) is 29.3 Å². The lowest BCUT2D eigenvalue weighted by atomic mass is 10.2. The summed E-state index contributed by atoms with van der Waals surface area (Å²) in [5.41, 5.74) is 2.38. The van der Waals surface area contributed by atoms with Crippen LogP contribution in [0, 0.1) is 0 Å². The molecule has 0 spiro atoms. The van der Waals surface area contributed by atoms with E-state index >= 15 is 0 Å². The Morgan fingerprint density at radius 1 is 1.00 bits per heavy atom. The Labute approximate surface area is 228 Å². The molecule has 37 heavy (non-hydrogen) atoms. The monoisotopic (exact) mass is 555 g/mol. The standard InChI is InChI=1S/C27H23Cl2N3O4S/c1-2-36-26(35)18-5-11-22(12-6-18)31-27-32(16-17-3-7-19(28)8-4-17)24(33)15-23(37-27)25(34)30-21-13-9-20(29)10-14-21/h3-14,23H,2,15-16H2,1H3,(H,30,34). The van der Waals surface area contributed by atoms with Gasteiger partial charge in [-0.15, -0.1) is 0 Å². The molecule has 1 heterocycles. The van der Waals surface area contributed by atoms with Gasteiger partial charge in [-0.2, -0.15) is 0 Å². The number of thioether (sulfide) groups is 1. The van der Waals surface area contributed by atoms with Crippen LogP contribution in [0.2, 0.25) is 10.0 Å². The second kappa shape index (κ2) is 12.3. The number of anilines is 1. The number of benzene rings is 3. The van der Waals surface area contributed by atoms with Crippen LogP contribution in [-0.2, 0) is 20.9 Å². The van der Waals surface area contributed by atoms with E-state index in [9.17, 15) is 14.4 Å². The molecule has 1 atom stereocenters. The van der Waals surface area contributed by atoms with E-state index in [-0.39, 0.29) is 31.4 Å². The molecule has 0 bridgehead atoms. The van der Waals surface area contributed by atoms with Crippen LogP contribution in [0.4, 0.5) is 11.4 Å². The van der Waals surface area contributed by atoms with Gasteiger partial charge in [0.05, 0.1) is 24.4 Å². The molecule has 1 saturated heterocycles. The average Bonchev–Trinajstić information content (AvgIpc) is 2.89. The van der Waals surface area contributed by atoms with Crippen molar-refractivity contribution in [3.8, 4) is 0 Å². The topological polar surface area (TPSA) is 88.1 Å². The minimum absolute atomic E-state index is 0.0124. The molecule has 10 heteroatoms. The molecule has 1 fully saturated rings. The van der Waals surface area contributed by atoms with E-state index in [1.807, 2.05) is 12.1 Å². The van der Waals surface area contributed by atoms with E-state index in [1.54, 1.807) is 72.5 Å². The number of hydrogen-bond donors (Lipinski definition) is 1. The lowest BCUT2D eigenvalue weighted by molar-refractivity contribution is -0.129. The zero-order valence-electron chi connectivity index (χ0n) is 19.8. The molecular formula is C27H23Cl2N3O4S. The number of halogens is 2. The van der Waals surface area contributed by atoms with Crippen LogP contribution in [0.25, 0.3) is 0 Å². The first kappa shape index (κ1) is 26.7. The Kier molecular flexibility index (Phi) is 8.87. The van der Waals surface area contributed by atoms with Gasteiger partial charge in [-0.3, -0.25) is 14.5 Å². The number of carbonyl (C=O) groups is 3. The summed E-state index contributed by atoms with van der Waals surface area (Å²) >= 11 is 13.1. The van der Waals surface area contributed by atoms with Gasteiger partial charge < -0.3 is 10.1 Å².